The topological polar surface area (TPSA) is 49.9 Å². The van der Waals surface area contributed by atoms with E-state index in [0.29, 0.717) is 25.9 Å². The van der Waals surface area contributed by atoms with Crippen LogP contribution < -0.4 is 4.74 Å². The summed E-state index contributed by atoms with van der Waals surface area (Å²) >= 11 is 0. The molecule has 3 amide bonds. The summed E-state index contributed by atoms with van der Waals surface area (Å²) in [5, 5.41) is 0. The van der Waals surface area contributed by atoms with Crippen LogP contribution in [0.3, 0.4) is 0 Å². The predicted molar refractivity (Wildman–Crippen MR) is 83.0 cm³/mol. The quantitative estimate of drug-likeness (QED) is 0.581. The summed E-state index contributed by atoms with van der Waals surface area (Å²) in [5.74, 6) is 0.0186. The fourth-order valence-corrected chi connectivity index (χ4v) is 3.21. The molecule has 2 heterocycles. The molecular weight excluding hydrogens is 337 g/mol. The third-order valence-electron chi connectivity index (χ3n) is 4.49. The average Bonchev–Trinajstić information content (AvgIpc) is 3.13. The smallest absolute Gasteiger partial charge is 0.416 e. The first kappa shape index (κ1) is 17.6. The molecule has 5 nitrogen and oxygen atoms in total. The zero-order chi connectivity index (χ0) is 18.0. The zero-order valence-electron chi connectivity index (χ0n) is 13.6. The summed E-state index contributed by atoms with van der Waals surface area (Å²) in [6.07, 6.45) is -1.72. The molecule has 0 spiro atoms. The van der Waals surface area contributed by atoms with E-state index in [9.17, 15) is 22.8 Å². The molecule has 0 bridgehead atoms. The molecule has 0 saturated carbocycles. The number of carbonyl (C=O) groups excluding carboxylic acids is 2. The first-order chi connectivity index (χ1) is 11.9. The Labute approximate surface area is 143 Å². The predicted octanol–water partition coefficient (Wildman–Crippen LogP) is 3.29. The maximum atomic E-state index is 12.6. The van der Waals surface area contributed by atoms with Crippen LogP contribution in [0.4, 0.5) is 18.0 Å². The molecule has 1 unspecified atom stereocenters. The number of hydrogen-bond acceptors (Lipinski definition) is 3. The number of unbranched alkanes of at least 4 members (excludes halogenated alkanes) is 1. The first-order valence-electron chi connectivity index (χ1n) is 8.30. The molecule has 136 valence electrons. The van der Waals surface area contributed by atoms with Crippen LogP contribution in [-0.4, -0.2) is 47.5 Å². The van der Waals surface area contributed by atoms with Gasteiger partial charge in [0, 0.05) is 13.1 Å². The van der Waals surface area contributed by atoms with Gasteiger partial charge in [-0.15, -0.1) is 0 Å². The number of hydrogen-bond donors (Lipinski definition) is 0. The number of benzene rings is 1. The van der Waals surface area contributed by atoms with Crippen LogP contribution in [-0.2, 0) is 11.0 Å². The lowest BCUT2D eigenvalue weighted by Crippen LogP contribution is -2.34. The number of rotatable bonds is 6. The van der Waals surface area contributed by atoms with Crippen LogP contribution in [0.15, 0.2) is 24.3 Å². The van der Waals surface area contributed by atoms with E-state index < -0.39 is 11.7 Å². The first-order valence-corrected chi connectivity index (χ1v) is 8.30. The number of carbonyl (C=O) groups is 2. The van der Waals surface area contributed by atoms with E-state index in [2.05, 4.69) is 0 Å². The minimum absolute atomic E-state index is 0.138. The van der Waals surface area contributed by atoms with Crippen LogP contribution in [0.1, 0.15) is 31.2 Å². The van der Waals surface area contributed by atoms with E-state index in [1.807, 2.05) is 0 Å². The molecule has 0 aromatic heterocycles. The molecule has 2 saturated heterocycles. The van der Waals surface area contributed by atoms with Crippen molar-refractivity contribution in [2.45, 2.75) is 37.9 Å². The Balaban J connectivity index is 1.42. The lowest BCUT2D eigenvalue weighted by molar-refractivity contribution is -0.137. The molecule has 8 heteroatoms. The molecule has 0 N–H and O–H groups in total. The summed E-state index contributed by atoms with van der Waals surface area (Å²) in [7, 11) is 0. The second kappa shape index (κ2) is 6.93. The van der Waals surface area contributed by atoms with Crippen LogP contribution in [0.5, 0.6) is 5.75 Å². The van der Waals surface area contributed by atoms with E-state index in [1.165, 1.54) is 17.0 Å². The summed E-state index contributed by atoms with van der Waals surface area (Å²) in [5.41, 5.74) is -0.751. The number of urea groups is 1. The molecule has 1 aromatic carbocycles. The van der Waals surface area contributed by atoms with Gasteiger partial charge < -0.3 is 9.64 Å². The molecule has 25 heavy (non-hydrogen) atoms. The summed E-state index contributed by atoms with van der Waals surface area (Å²) in [4.78, 5) is 27.1. The zero-order valence-corrected chi connectivity index (χ0v) is 13.6. The van der Waals surface area contributed by atoms with Gasteiger partial charge in [-0.25, -0.2) is 4.79 Å². The van der Waals surface area contributed by atoms with Crippen LogP contribution >= 0.6 is 0 Å². The van der Waals surface area contributed by atoms with Gasteiger partial charge in [-0.05, 0) is 43.9 Å². The summed E-state index contributed by atoms with van der Waals surface area (Å²) in [6, 6.07) is 4.19. The minimum atomic E-state index is -4.40. The number of imide groups is 1. The largest absolute Gasteiger partial charge is 0.494 e. The van der Waals surface area contributed by atoms with Crippen molar-refractivity contribution in [1.29, 1.82) is 0 Å². The van der Waals surface area contributed by atoms with E-state index in [4.69, 9.17) is 4.74 Å². The second-order valence-electron chi connectivity index (χ2n) is 6.21. The lowest BCUT2D eigenvalue weighted by Gasteiger charge is -2.15. The maximum absolute atomic E-state index is 12.6. The van der Waals surface area contributed by atoms with Gasteiger partial charge in [0.2, 0.25) is 0 Å². The van der Waals surface area contributed by atoms with Crippen LogP contribution in [0.25, 0.3) is 0 Å². The van der Waals surface area contributed by atoms with Gasteiger partial charge in [0.15, 0.2) is 0 Å². The van der Waals surface area contributed by atoms with Gasteiger partial charge in [-0.1, -0.05) is 6.07 Å². The van der Waals surface area contributed by atoms with E-state index in [-0.39, 0.29) is 30.3 Å². The van der Waals surface area contributed by atoms with Crippen molar-refractivity contribution in [3.8, 4) is 5.75 Å². The fourth-order valence-electron chi connectivity index (χ4n) is 3.21. The standard InChI is InChI=1S/C17H19F3N2O3/c18-17(19,20)12-5-3-6-13(11-12)25-10-2-1-8-22-15(23)14-7-4-9-21(14)16(22)24/h3,5-6,11,14H,1-2,4,7-10H2. The SMILES string of the molecule is O=C1C2CCCN2C(=O)N1CCCCOc1cccc(C(F)(F)F)c1. The van der Waals surface area contributed by atoms with Gasteiger partial charge in [0.25, 0.3) is 5.91 Å². The van der Waals surface area contributed by atoms with Gasteiger partial charge in [-0.2, -0.15) is 13.2 Å². The van der Waals surface area contributed by atoms with Gasteiger partial charge in [-0.3, -0.25) is 9.69 Å². The number of fused-ring (bicyclic) bond motifs is 1. The van der Waals surface area contributed by atoms with Gasteiger partial charge >= 0.3 is 12.2 Å². The molecule has 0 aliphatic carbocycles. The Morgan fingerprint density at radius 2 is 2.00 bits per heavy atom. The van der Waals surface area contributed by atoms with Crippen molar-refractivity contribution >= 4 is 11.9 Å². The summed E-state index contributed by atoms with van der Waals surface area (Å²) < 4.78 is 43.2. The highest BCUT2D eigenvalue weighted by molar-refractivity contribution is 6.04. The Hall–Kier alpha value is -2.25. The third-order valence-corrected chi connectivity index (χ3v) is 4.49. The highest BCUT2D eigenvalue weighted by atomic mass is 19.4. The molecule has 2 aliphatic rings. The second-order valence-corrected chi connectivity index (χ2v) is 6.21. The fraction of sp³-hybridized carbons (Fsp3) is 0.529. The number of ether oxygens (including phenoxy) is 1. The van der Waals surface area contributed by atoms with Crippen molar-refractivity contribution < 1.29 is 27.5 Å². The molecule has 1 atom stereocenters. The Morgan fingerprint density at radius 3 is 2.72 bits per heavy atom. The Morgan fingerprint density at radius 1 is 1.20 bits per heavy atom. The number of amides is 3. The molecule has 3 rings (SSSR count). The highest BCUT2D eigenvalue weighted by Crippen LogP contribution is 2.31. The van der Waals surface area contributed by atoms with Crippen LogP contribution in [0.2, 0.25) is 0 Å². The van der Waals surface area contributed by atoms with Gasteiger partial charge in [0.05, 0.1) is 12.2 Å². The molecule has 1 aromatic rings. The monoisotopic (exact) mass is 356 g/mol. The minimum Gasteiger partial charge on any atom is -0.494 e. The van der Waals surface area contributed by atoms with E-state index in [0.717, 1.165) is 25.0 Å². The highest BCUT2D eigenvalue weighted by Gasteiger charge is 2.46. The molecule has 0 radical (unpaired) electrons. The summed E-state index contributed by atoms with van der Waals surface area (Å²) in [6.45, 7) is 1.17. The van der Waals surface area contributed by atoms with Crippen molar-refractivity contribution in [3.63, 3.8) is 0 Å². The normalized spacial score (nSPS) is 20.4. The van der Waals surface area contributed by atoms with Crippen molar-refractivity contribution in [1.82, 2.24) is 9.80 Å². The Kier molecular flexibility index (Phi) is 4.87. The average molecular weight is 356 g/mol. The molecule has 2 fully saturated rings. The van der Waals surface area contributed by atoms with Crippen molar-refractivity contribution in [2.24, 2.45) is 0 Å². The third kappa shape index (κ3) is 3.72. The maximum Gasteiger partial charge on any atom is 0.416 e. The van der Waals surface area contributed by atoms with Crippen molar-refractivity contribution in [2.75, 3.05) is 19.7 Å². The number of nitrogens with zero attached hydrogens (tertiary/aromatic N) is 2. The molecular formula is C17H19F3N2O3. The van der Waals surface area contributed by atoms with E-state index >= 15 is 0 Å². The van der Waals surface area contributed by atoms with Gasteiger partial charge in [0.1, 0.15) is 11.8 Å². The molecule has 2 aliphatic heterocycles. The lowest BCUT2D eigenvalue weighted by atomic mass is 10.2. The number of halogens is 3. The van der Waals surface area contributed by atoms with Crippen molar-refractivity contribution in [3.05, 3.63) is 29.8 Å². The Bertz CT molecular complexity index is 641. The van der Waals surface area contributed by atoms with Crippen LogP contribution in [0, 0.1) is 0 Å². The van der Waals surface area contributed by atoms with E-state index in [1.54, 1.807) is 4.90 Å². The number of alkyl halides is 3.